The molecule has 0 aromatic heterocycles. The highest BCUT2D eigenvalue weighted by Gasteiger charge is 2.19. The van der Waals surface area contributed by atoms with Crippen molar-refractivity contribution in [2.75, 3.05) is 13.2 Å². The third kappa shape index (κ3) is 2.52. The van der Waals surface area contributed by atoms with E-state index in [9.17, 15) is 0 Å². The number of hydrogen-bond acceptors (Lipinski definition) is 3. The lowest BCUT2D eigenvalue weighted by Gasteiger charge is -2.23. The number of aryl methyl sites for hydroxylation is 1. The Kier molecular flexibility index (Phi) is 3.52. The largest absolute Gasteiger partial charge is 0.491 e. The average Bonchev–Trinajstić information content (AvgIpc) is 2.90. The Bertz CT molecular complexity index is 413. The van der Waals surface area contributed by atoms with Crippen LogP contribution in [0.1, 0.15) is 42.9 Å². The first-order chi connectivity index (χ1) is 8.83. The minimum atomic E-state index is 0.181. The molecule has 3 heteroatoms. The highest BCUT2D eigenvalue weighted by Crippen LogP contribution is 2.31. The Hall–Kier alpha value is -1.06. The molecule has 18 heavy (non-hydrogen) atoms. The van der Waals surface area contributed by atoms with E-state index in [4.69, 9.17) is 15.2 Å². The number of hydrogen-bond donors (Lipinski definition) is 1. The maximum Gasteiger partial charge on any atom is 0.119 e. The summed E-state index contributed by atoms with van der Waals surface area (Å²) in [7, 11) is 0. The molecule has 0 saturated carbocycles. The monoisotopic (exact) mass is 247 g/mol. The molecule has 1 aliphatic carbocycles. The number of fused-ring (bicyclic) bond motifs is 1. The van der Waals surface area contributed by atoms with Gasteiger partial charge in [0.15, 0.2) is 0 Å². The topological polar surface area (TPSA) is 44.5 Å². The van der Waals surface area contributed by atoms with Crippen LogP contribution in [0.5, 0.6) is 5.75 Å². The fourth-order valence-electron chi connectivity index (χ4n) is 2.87. The molecule has 2 aliphatic rings. The third-order valence-corrected chi connectivity index (χ3v) is 3.94. The average molecular weight is 247 g/mol. The van der Waals surface area contributed by atoms with Gasteiger partial charge < -0.3 is 15.2 Å². The van der Waals surface area contributed by atoms with Gasteiger partial charge in [0.2, 0.25) is 0 Å². The molecule has 1 heterocycles. The van der Waals surface area contributed by atoms with Crippen LogP contribution < -0.4 is 10.5 Å². The molecule has 0 radical (unpaired) electrons. The molecule has 1 aromatic rings. The molecular formula is C15H21NO2. The lowest BCUT2D eigenvalue weighted by atomic mass is 9.88. The van der Waals surface area contributed by atoms with E-state index in [1.165, 1.54) is 17.5 Å². The zero-order valence-corrected chi connectivity index (χ0v) is 10.7. The van der Waals surface area contributed by atoms with E-state index in [1.54, 1.807) is 0 Å². The predicted molar refractivity (Wildman–Crippen MR) is 70.8 cm³/mol. The van der Waals surface area contributed by atoms with Crippen LogP contribution in [0.25, 0.3) is 0 Å². The van der Waals surface area contributed by atoms with Crippen LogP contribution in [0.3, 0.4) is 0 Å². The minimum absolute atomic E-state index is 0.181. The fraction of sp³-hybridized carbons (Fsp3) is 0.600. The Morgan fingerprint density at radius 1 is 1.28 bits per heavy atom. The van der Waals surface area contributed by atoms with Gasteiger partial charge in [-0.25, -0.2) is 0 Å². The predicted octanol–water partition coefficient (Wildman–Crippen LogP) is 2.58. The van der Waals surface area contributed by atoms with Crippen molar-refractivity contribution >= 4 is 0 Å². The van der Waals surface area contributed by atoms with Gasteiger partial charge in [0.25, 0.3) is 0 Å². The van der Waals surface area contributed by atoms with Gasteiger partial charge in [-0.2, -0.15) is 0 Å². The quantitative estimate of drug-likeness (QED) is 0.893. The first kappa shape index (κ1) is 12.0. The first-order valence-electron chi connectivity index (χ1n) is 6.96. The minimum Gasteiger partial charge on any atom is -0.491 e. The molecule has 1 unspecified atom stereocenters. The van der Waals surface area contributed by atoms with Crippen LogP contribution in [0.4, 0.5) is 0 Å². The molecule has 0 bridgehead atoms. The fourth-order valence-corrected chi connectivity index (χ4v) is 2.87. The van der Waals surface area contributed by atoms with Crippen molar-refractivity contribution in [3.63, 3.8) is 0 Å². The standard InChI is InChI=1S/C15H21NO2/c16-15-5-1-3-11-6-7-12(9-14(11)15)18-10-13-4-2-8-17-13/h6-7,9,13,15H,1-5,8,10,16H2/t13?,15-/m1/s1. The van der Waals surface area contributed by atoms with Crippen molar-refractivity contribution in [1.82, 2.24) is 0 Å². The molecule has 2 atom stereocenters. The SMILES string of the molecule is N[C@@H]1CCCc2ccc(OCC3CCCO3)cc21. The Morgan fingerprint density at radius 2 is 2.22 bits per heavy atom. The van der Waals surface area contributed by atoms with E-state index in [1.807, 2.05) is 0 Å². The normalized spacial score (nSPS) is 26.9. The highest BCUT2D eigenvalue weighted by molar-refractivity contribution is 5.39. The van der Waals surface area contributed by atoms with E-state index < -0.39 is 0 Å². The van der Waals surface area contributed by atoms with Crippen LogP contribution in [0, 0.1) is 0 Å². The maximum atomic E-state index is 6.15. The first-order valence-corrected chi connectivity index (χ1v) is 6.96. The molecule has 3 nitrogen and oxygen atoms in total. The van der Waals surface area contributed by atoms with Gasteiger partial charge in [-0.05, 0) is 55.4 Å². The molecular weight excluding hydrogens is 226 g/mol. The third-order valence-electron chi connectivity index (χ3n) is 3.94. The number of benzene rings is 1. The second-order valence-corrected chi connectivity index (χ2v) is 5.31. The molecule has 3 rings (SSSR count). The summed E-state index contributed by atoms with van der Waals surface area (Å²) < 4.78 is 11.4. The maximum absolute atomic E-state index is 6.15. The summed E-state index contributed by atoms with van der Waals surface area (Å²) >= 11 is 0. The van der Waals surface area contributed by atoms with E-state index >= 15 is 0 Å². The molecule has 1 aromatic carbocycles. The molecule has 2 N–H and O–H groups in total. The molecule has 98 valence electrons. The van der Waals surface area contributed by atoms with Crippen molar-refractivity contribution in [1.29, 1.82) is 0 Å². The summed E-state index contributed by atoms with van der Waals surface area (Å²) in [6, 6.07) is 6.53. The summed E-state index contributed by atoms with van der Waals surface area (Å²) in [5.74, 6) is 0.932. The molecule has 0 spiro atoms. The summed E-state index contributed by atoms with van der Waals surface area (Å²) in [6.45, 7) is 1.54. The summed E-state index contributed by atoms with van der Waals surface area (Å²) in [6.07, 6.45) is 5.98. The number of ether oxygens (including phenoxy) is 2. The molecule has 1 aliphatic heterocycles. The van der Waals surface area contributed by atoms with Crippen LogP contribution in [-0.4, -0.2) is 19.3 Å². The van der Waals surface area contributed by atoms with E-state index in [0.29, 0.717) is 6.61 Å². The van der Waals surface area contributed by atoms with Crippen molar-refractivity contribution < 1.29 is 9.47 Å². The van der Waals surface area contributed by atoms with Crippen molar-refractivity contribution in [2.45, 2.75) is 44.2 Å². The van der Waals surface area contributed by atoms with Crippen LogP contribution in [0.2, 0.25) is 0 Å². The van der Waals surface area contributed by atoms with E-state index in [0.717, 1.165) is 38.0 Å². The van der Waals surface area contributed by atoms with Gasteiger partial charge in [0.1, 0.15) is 12.4 Å². The Morgan fingerprint density at radius 3 is 3.06 bits per heavy atom. The molecule has 1 fully saturated rings. The second kappa shape index (κ2) is 5.29. The summed E-state index contributed by atoms with van der Waals surface area (Å²) in [5, 5.41) is 0. The van der Waals surface area contributed by atoms with Crippen molar-refractivity contribution in [2.24, 2.45) is 5.73 Å². The lowest BCUT2D eigenvalue weighted by Crippen LogP contribution is -2.19. The lowest BCUT2D eigenvalue weighted by molar-refractivity contribution is 0.0679. The molecule has 0 amide bonds. The van der Waals surface area contributed by atoms with Gasteiger partial charge in [-0.1, -0.05) is 6.07 Å². The smallest absolute Gasteiger partial charge is 0.119 e. The van der Waals surface area contributed by atoms with Gasteiger partial charge in [-0.15, -0.1) is 0 Å². The Balaban J connectivity index is 1.67. The van der Waals surface area contributed by atoms with Gasteiger partial charge in [-0.3, -0.25) is 0 Å². The van der Waals surface area contributed by atoms with Gasteiger partial charge in [0.05, 0.1) is 6.10 Å². The summed E-state index contributed by atoms with van der Waals surface area (Å²) in [5.41, 5.74) is 8.81. The van der Waals surface area contributed by atoms with Crippen molar-refractivity contribution in [3.8, 4) is 5.75 Å². The van der Waals surface area contributed by atoms with E-state index in [-0.39, 0.29) is 12.1 Å². The zero-order chi connectivity index (χ0) is 12.4. The zero-order valence-electron chi connectivity index (χ0n) is 10.7. The molecule has 1 saturated heterocycles. The number of nitrogens with two attached hydrogens (primary N) is 1. The second-order valence-electron chi connectivity index (χ2n) is 5.31. The van der Waals surface area contributed by atoms with E-state index in [2.05, 4.69) is 18.2 Å². The Labute approximate surface area is 108 Å². The summed E-state index contributed by atoms with van der Waals surface area (Å²) in [4.78, 5) is 0. The van der Waals surface area contributed by atoms with Crippen LogP contribution >= 0.6 is 0 Å². The van der Waals surface area contributed by atoms with Crippen LogP contribution in [0.15, 0.2) is 18.2 Å². The van der Waals surface area contributed by atoms with Gasteiger partial charge in [0, 0.05) is 12.6 Å². The number of rotatable bonds is 3. The highest BCUT2D eigenvalue weighted by atomic mass is 16.5. The van der Waals surface area contributed by atoms with Gasteiger partial charge >= 0.3 is 0 Å². The van der Waals surface area contributed by atoms with Crippen molar-refractivity contribution in [3.05, 3.63) is 29.3 Å². The van der Waals surface area contributed by atoms with Crippen LogP contribution in [-0.2, 0) is 11.2 Å².